The zero-order valence-electron chi connectivity index (χ0n) is 12.2. The van der Waals surface area contributed by atoms with Crippen LogP contribution in [-0.4, -0.2) is 18.0 Å². The zero-order valence-corrected chi connectivity index (χ0v) is 12.2. The molecule has 3 heteroatoms. The molecule has 0 bridgehead atoms. The van der Waals surface area contributed by atoms with Crippen molar-refractivity contribution in [3.63, 3.8) is 0 Å². The summed E-state index contributed by atoms with van der Waals surface area (Å²) in [6.45, 7) is 5.41. The van der Waals surface area contributed by atoms with Gasteiger partial charge in [-0.1, -0.05) is 26.0 Å². The molecule has 2 nitrogen and oxygen atoms in total. The van der Waals surface area contributed by atoms with Gasteiger partial charge in [-0.25, -0.2) is 4.39 Å². The Morgan fingerprint density at radius 3 is 2.58 bits per heavy atom. The van der Waals surface area contributed by atoms with Gasteiger partial charge in [-0.05, 0) is 49.8 Å². The SMILES string of the molecule is CN(Cc1cccc(F)c1N)C1CCC(C)(C)CC1. The van der Waals surface area contributed by atoms with Crippen LogP contribution < -0.4 is 5.73 Å². The van der Waals surface area contributed by atoms with E-state index in [0.717, 1.165) is 12.1 Å². The molecule has 1 aromatic rings. The van der Waals surface area contributed by atoms with Crippen molar-refractivity contribution < 1.29 is 4.39 Å². The Hall–Kier alpha value is -1.09. The summed E-state index contributed by atoms with van der Waals surface area (Å²) in [7, 11) is 2.12. The van der Waals surface area contributed by atoms with Gasteiger partial charge in [0.05, 0.1) is 5.69 Å². The lowest BCUT2D eigenvalue weighted by atomic mass is 9.75. The highest BCUT2D eigenvalue weighted by Gasteiger charge is 2.28. The van der Waals surface area contributed by atoms with Crippen LogP contribution in [0.2, 0.25) is 0 Å². The van der Waals surface area contributed by atoms with Crippen LogP contribution in [0.3, 0.4) is 0 Å². The van der Waals surface area contributed by atoms with E-state index in [-0.39, 0.29) is 5.82 Å². The number of nitrogens with zero attached hydrogens (tertiary/aromatic N) is 1. The second kappa shape index (κ2) is 5.49. The van der Waals surface area contributed by atoms with Gasteiger partial charge >= 0.3 is 0 Å². The van der Waals surface area contributed by atoms with E-state index in [1.54, 1.807) is 6.07 Å². The third kappa shape index (κ3) is 3.47. The number of hydrogen-bond donors (Lipinski definition) is 1. The average Bonchev–Trinajstić information content (AvgIpc) is 2.35. The van der Waals surface area contributed by atoms with Gasteiger partial charge < -0.3 is 5.73 Å². The third-order valence-corrected chi connectivity index (χ3v) is 4.49. The van der Waals surface area contributed by atoms with Crippen LogP contribution in [-0.2, 0) is 6.54 Å². The Morgan fingerprint density at radius 2 is 1.95 bits per heavy atom. The van der Waals surface area contributed by atoms with Crippen molar-refractivity contribution in [1.29, 1.82) is 0 Å². The number of hydrogen-bond acceptors (Lipinski definition) is 2. The van der Waals surface area contributed by atoms with Gasteiger partial charge in [-0.3, -0.25) is 4.90 Å². The van der Waals surface area contributed by atoms with Crippen molar-refractivity contribution in [1.82, 2.24) is 4.90 Å². The molecule has 1 aliphatic rings. The van der Waals surface area contributed by atoms with E-state index in [0.29, 0.717) is 17.1 Å². The lowest BCUT2D eigenvalue weighted by Gasteiger charge is -2.38. The molecule has 0 heterocycles. The van der Waals surface area contributed by atoms with Crippen LogP contribution in [0.15, 0.2) is 18.2 Å². The standard InChI is InChI=1S/C16H25FN2/c1-16(2)9-7-13(8-10-16)19(3)11-12-5-4-6-14(17)15(12)18/h4-6,13H,7-11,18H2,1-3H3. The number of para-hydroxylation sites is 1. The monoisotopic (exact) mass is 264 g/mol. The van der Waals surface area contributed by atoms with Crippen LogP contribution in [0.25, 0.3) is 0 Å². The van der Waals surface area contributed by atoms with Crippen molar-refractivity contribution in [3.05, 3.63) is 29.6 Å². The average molecular weight is 264 g/mol. The van der Waals surface area contributed by atoms with Crippen LogP contribution in [0, 0.1) is 11.2 Å². The van der Waals surface area contributed by atoms with Crippen LogP contribution >= 0.6 is 0 Å². The summed E-state index contributed by atoms with van der Waals surface area (Å²) in [4.78, 5) is 2.32. The fourth-order valence-corrected chi connectivity index (χ4v) is 2.94. The topological polar surface area (TPSA) is 29.3 Å². The van der Waals surface area contributed by atoms with E-state index in [9.17, 15) is 4.39 Å². The minimum Gasteiger partial charge on any atom is -0.396 e. The summed E-state index contributed by atoms with van der Waals surface area (Å²) in [6, 6.07) is 5.67. The summed E-state index contributed by atoms with van der Waals surface area (Å²) >= 11 is 0. The van der Waals surface area contributed by atoms with Gasteiger partial charge in [0.15, 0.2) is 0 Å². The molecule has 0 aliphatic heterocycles. The highest BCUT2D eigenvalue weighted by atomic mass is 19.1. The van der Waals surface area contributed by atoms with E-state index in [1.165, 1.54) is 31.7 Å². The Balaban J connectivity index is 1.98. The first-order valence-electron chi connectivity index (χ1n) is 7.12. The molecule has 1 aliphatic carbocycles. The van der Waals surface area contributed by atoms with Gasteiger partial charge in [-0.2, -0.15) is 0 Å². The summed E-state index contributed by atoms with van der Waals surface area (Å²) < 4.78 is 13.4. The first-order chi connectivity index (χ1) is 8.89. The fourth-order valence-electron chi connectivity index (χ4n) is 2.94. The Morgan fingerprint density at radius 1 is 1.32 bits per heavy atom. The first kappa shape index (κ1) is 14.3. The maximum atomic E-state index is 13.4. The lowest BCUT2D eigenvalue weighted by molar-refractivity contribution is 0.123. The molecular weight excluding hydrogens is 239 g/mol. The highest BCUT2D eigenvalue weighted by molar-refractivity contribution is 5.47. The number of rotatable bonds is 3. The van der Waals surface area contributed by atoms with Gasteiger partial charge in [-0.15, -0.1) is 0 Å². The summed E-state index contributed by atoms with van der Waals surface area (Å²) in [5, 5.41) is 0. The van der Waals surface area contributed by atoms with Crippen molar-refractivity contribution in [2.75, 3.05) is 12.8 Å². The highest BCUT2D eigenvalue weighted by Crippen LogP contribution is 2.37. The van der Waals surface area contributed by atoms with Crippen LogP contribution in [0.4, 0.5) is 10.1 Å². The molecular formula is C16H25FN2. The fraction of sp³-hybridized carbons (Fsp3) is 0.625. The van der Waals surface area contributed by atoms with E-state index in [1.807, 2.05) is 6.07 Å². The van der Waals surface area contributed by atoms with Gasteiger partial charge in [0.2, 0.25) is 0 Å². The molecule has 19 heavy (non-hydrogen) atoms. The quantitative estimate of drug-likeness (QED) is 0.841. The number of nitrogens with two attached hydrogens (primary N) is 1. The number of halogens is 1. The Labute approximate surface area is 115 Å². The molecule has 0 unspecified atom stereocenters. The van der Waals surface area contributed by atoms with Crippen molar-refractivity contribution in [3.8, 4) is 0 Å². The maximum absolute atomic E-state index is 13.4. The summed E-state index contributed by atoms with van der Waals surface area (Å²) in [5.74, 6) is -0.310. The van der Waals surface area contributed by atoms with Gasteiger partial charge in [0.25, 0.3) is 0 Å². The van der Waals surface area contributed by atoms with Gasteiger partial charge in [0.1, 0.15) is 5.82 Å². The van der Waals surface area contributed by atoms with E-state index in [2.05, 4.69) is 25.8 Å². The number of nitrogen functional groups attached to an aromatic ring is 1. The second-order valence-corrected chi connectivity index (χ2v) is 6.62. The molecule has 1 aromatic carbocycles. The predicted octanol–water partition coefficient (Wildman–Crippen LogP) is 3.81. The molecule has 0 amide bonds. The normalized spacial score (nSPS) is 19.8. The first-order valence-corrected chi connectivity index (χ1v) is 7.12. The van der Waals surface area contributed by atoms with Crippen LogP contribution in [0.1, 0.15) is 45.1 Å². The minimum absolute atomic E-state index is 0.297. The van der Waals surface area contributed by atoms with Crippen molar-refractivity contribution in [2.24, 2.45) is 5.41 Å². The Bertz CT molecular complexity index is 432. The summed E-state index contributed by atoms with van der Waals surface area (Å²) in [6.07, 6.45) is 4.97. The second-order valence-electron chi connectivity index (χ2n) is 6.62. The predicted molar refractivity (Wildman–Crippen MR) is 78.3 cm³/mol. The smallest absolute Gasteiger partial charge is 0.146 e. The van der Waals surface area contributed by atoms with E-state index >= 15 is 0 Å². The minimum atomic E-state index is -0.310. The zero-order chi connectivity index (χ0) is 14.0. The molecule has 0 aromatic heterocycles. The molecule has 0 atom stereocenters. The van der Waals surface area contributed by atoms with Gasteiger partial charge in [0, 0.05) is 12.6 Å². The lowest BCUT2D eigenvalue weighted by Crippen LogP contribution is -2.36. The molecule has 1 fully saturated rings. The van der Waals surface area contributed by atoms with E-state index < -0.39 is 0 Å². The molecule has 106 valence electrons. The number of anilines is 1. The number of benzene rings is 1. The van der Waals surface area contributed by atoms with E-state index in [4.69, 9.17) is 5.73 Å². The maximum Gasteiger partial charge on any atom is 0.146 e. The molecule has 2 N–H and O–H groups in total. The molecule has 0 spiro atoms. The molecule has 0 saturated heterocycles. The van der Waals surface area contributed by atoms with Crippen LogP contribution in [0.5, 0.6) is 0 Å². The molecule has 0 radical (unpaired) electrons. The van der Waals surface area contributed by atoms with Crippen molar-refractivity contribution >= 4 is 5.69 Å². The largest absolute Gasteiger partial charge is 0.396 e. The summed E-state index contributed by atoms with van der Waals surface area (Å²) in [5.41, 5.74) is 7.48. The third-order valence-electron chi connectivity index (χ3n) is 4.49. The van der Waals surface area contributed by atoms with Crippen molar-refractivity contribution in [2.45, 2.75) is 52.1 Å². The molecule has 2 rings (SSSR count). The molecule has 1 saturated carbocycles. The Kier molecular flexibility index (Phi) is 4.14.